The van der Waals surface area contributed by atoms with Crippen LogP contribution in [0, 0.1) is 0 Å². The van der Waals surface area contributed by atoms with Gasteiger partial charge in [0.15, 0.2) is 0 Å². The number of hydrogen-bond donors (Lipinski definition) is 2. The SMILES string of the molecule is CC(NC(=O)CCc1cccnc1)(C(=O)O)C(F)(F)F. The lowest BCUT2D eigenvalue weighted by atomic mass is 10.0. The van der Waals surface area contributed by atoms with Crippen molar-refractivity contribution in [3.05, 3.63) is 30.1 Å². The topological polar surface area (TPSA) is 79.3 Å². The maximum absolute atomic E-state index is 12.7. The molecule has 1 atom stereocenters. The average molecular weight is 290 g/mol. The summed E-state index contributed by atoms with van der Waals surface area (Å²) in [6.07, 6.45) is -2.16. The first kappa shape index (κ1) is 15.9. The van der Waals surface area contributed by atoms with Gasteiger partial charge in [0.2, 0.25) is 11.4 Å². The van der Waals surface area contributed by atoms with Gasteiger partial charge in [0.1, 0.15) is 0 Å². The first-order valence-electron chi connectivity index (χ1n) is 5.67. The lowest BCUT2D eigenvalue weighted by molar-refractivity contribution is -0.206. The third-order valence-corrected chi connectivity index (χ3v) is 2.75. The molecule has 110 valence electrons. The van der Waals surface area contributed by atoms with E-state index in [4.69, 9.17) is 5.11 Å². The number of amides is 1. The number of aryl methyl sites for hydroxylation is 1. The summed E-state index contributed by atoms with van der Waals surface area (Å²) in [5.41, 5.74) is -2.62. The molecule has 20 heavy (non-hydrogen) atoms. The van der Waals surface area contributed by atoms with Gasteiger partial charge in [-0.2, -0.15) is 13.2 Å². The van der Waals surface area contributed by atoms with Crippen molar-refractivity contribution >= 4 is 11.9 Å². The summed E-state index contributed by atoms with van der Waals surface area (Å²) in [7, 11) is 0. The molecule has 0 saturated carbocycles. The van der Waals surface area contributed by atoms with Crippen LogP contribution in [0.5, 0.6) is 0 Å². The van der Waals surface area contributed by atoms with Crippen molar-refractivity contribution in [2.24, 2.45) is 0 Å². The molecule has 0 aliphatic heterocycles. The number of aromatic nitrogens is 1. The zero-order valence-electron chi connectivity index (χ0n) is 10.6. The zero-order chi connectivity index (χ0) is 15.4. The number of carbonyl (C=O) groups excluding carboxylic acids is 1. The second-order valence-corrected chi connectivity index (χ2v) is 4.34. The van der Waals surface area contributed by atoms with Crippen LogP contribution < -0.4 is 5.32 Å². The lowest BCUT2D eigenvalue weighted by Gasteiger charge is -2.28. The van der Waals surface area contributed by atoms with Gasteiger partial charge >= 0.3 is 12.1 Å². The van der Waals surface area contributed by atoms with Crippen LogP contribution in [0.25, 0.3) is 0 Å². The Morgan fingerprint density at radius 2 is 2.05 bits per heavy atom. The maximum Gasteiger partial charge on any atom is 0.422 e. The van der Waals surface area contributed by atoms with Gasteiger partial charge in [0, 0.05) is 18.8 Å². The molecule has 0 saturated heterocycles. The summed E-state index contributed by atoms with van der Waals surface area (Å²) < 4.78 is 38.0. The summed E-state index contributed by atoms with van der Waals surface area (Å²) in [5.74, 6) is -3.14. The summed E-state index contributed by atoms with van der Waals surface area (Å²) in [6, 6.07) is 3.30. The summed E-state index contributed by atoms with van der Waals surface area (Å²) in [4.78, 5) is 26.0. The Bertz CT molecular complexity index is 490. The minimum Gasteiger partial charge on any atom is -0.479 e. The second kappa shape index (κ2) is 5.89. The average Bonchev–Trinajstić information content (AvgIpc) is 2.36. The molecule has 0 radical (unpaired) electrons. The fourth-order valence-electron chi connectivity index (χ4n) is 1.39. The van der Waals surface area contributed by atoms with E-state index in [1.165, 1.54) is 17.7 Å². The Hall–Kier alpha value is -2.12. The lowest BCUT2D eigenvalue weighted by Crippen LogP contribution is -2.61. The van der Waals surface area contributed by atoms with E-state index >= 15 is 0 Å². The highest BCUT2D eigenvalue weighted by Crippen LogP contribution is 2.30. The van der Waals surface area contributed by atoms with E-state index in [1.54, 1.807) is 12.1 Å². The highest BCUT2D eigenvalue weighted by Gasteiger charge is 2.58. The third-order valence-electron chi connectivity index (χ3n) is 2.75. The molecule has 1 unspecified atom stereocenters. The minimum absolute atomic E-state index is 0.174. The van der Waals surface area contributed by atoms with Gasteiger partial charge in [-0.25, -0.2) is 4.79 Å². The molecule has 5 nitrogen and oxygen atoms in total. The molecular formula is C12H13F3N2O3. The monoisotopic (exact) mass is 290 g/mol. The Balaban J connectivity index is 2.67. The van der Waals surface area contributed by atoms with Gasteiger partial charge < -0.3 is 10.4 Å². The molecule has 1 amide bonds. The molecule has 0 fully saturated rings. The van der Waals surface area contributed by atoms with Crippen LogP contribution in [0.3, 0.4) is 0 Å². The molecule has 0 aliphatic carbocycles. The van der Waals surface area contributed by atoms with E-state index in [0.717, 1.165) is 0 Å². The van der Waals surface area contributed by atoms with Crippen LogP contribution in [0.15, 0.2) is 24.5 Å². The first-order valence-corrected chi connectivity index (χ1v) is 5.67. The number of hydrogen-bond acceptors (Lipinski definition) is 3. The number of pyridine rings is 1. The van der Waals surface area contributed by atoms with Crippen LogP contribution in [-0.2, 0) is 16.0 Å². The normalized spacial score (nSPS) is 14.4. The van der Waals surface area contributed by atoms with Gasteiger partial charge in [0.25, 0.3) is 0 Å². The Labute approximate surface area is 112 Å². The van der Waals surface area contributed by atoms with Crippen LogP contribution in [0.1, 0.15) is 18.9 Å². The fraction of sp³-hybridized carbons (Fsp3) is 0.417. The van der Waals surface area contributed by atoms with Crippen molar-refractivity contribution < 1.29 is 27.9 Å². The van der Waals surface area contributed by atoms with Gasteiger partial charge in [-0.3, -0.25) is 9.78 Å². The number of rotatable bonds is 5. The van der Waals surface area contributed by atoms with Gasteiger partial charge in [-0.05, 0) is 25.0 Å². The molecule has 0 bridgehead atoms. The molecule has 8 heteroatoms. The van der Waals surface area contributed by atoms with E-state index in [-0.39, 0.29) is 12.8 Å². The smallest absolute Gasteiger partial charge is 0.422 e. The predicted octanol–water partition coefficient (Wildman–Crippen LogP) is 1.54. The largest absolute Gasteiger partial charge is 0.479 e. The first-order chi connectivity index (χ1) is 9.17. The fourth-order valence-corrected chi connectivity index (χ4v) is 1.39. The van der Waals surface area contributed by atoms with Crippen LogP contribution >= 0.6 is 0 Å². The highest BCUT2D eigenvalue weighted by molar-refractivity contribution is 5.87. The number of nitrogens with zero attached hydrogens (tertiary/aromatic N) is 1. The number of carboxylic acids is 1. The van der Waals surface area contributed by atoms with E-state index in [2.05, 4.69) is 4.98 Å². The van der Waals surface area contributed by atoms with Crippen LogP contribution in [0.4, 0.5) is 13.2 Å². The standard InChI is InChI=1S/C12H13F3N2O3/c1-11(10(19)20,12(13,14)15)17-9(18)5-4-8-3-2-6-16-7-8/h2-3,6-7H,4-5H2,1H3,(H,17,18)(H,19,20). The highest BCUT2D eigenvalue weighted by atomic mass is 19.4. The molecule has 0 aliphatic rings. The zero-order valence-corrected chi connectivity index (χ0v) is 10.6. The molecule has 1 aromatic rings. The Morgan fingerprint density at radius 1 is 1.40 bits per heavy atom. The third kappa shape index (κ3) is 3.69. The minimum atomic E-state index is -5.08. The molecule has 0 aromatic carbocycles. The number of aliphatic carboxylic acids is 1. The molecule has 0 spiro atoms. The second-order valence-electron chi connectivity index (χ2n) is 4.34. The van der Waals surface area contributed by atoms with Crippen LogP contribution in [-0.4, -0.2) is 33.7 Å². The van der Waals surface area contributed by atoms with Crippen LogP contribution in [0.2, 0.25) is 0 Å². The van der Waals surface area contributed by atoms with Crippen molar-refractivity contribution in [1.29, 1.82) is 0 Å². The van der Waals surface area contributed by atoms with Gasteiger partial charge in [-0.1, -0.05) is 6.07 Å². The number of nitrogens with one attached hydrogen (secondary N) is 1. The van der Waals surface area contributed by atoms with E-state index in [1.807, 2.05) is 0 Å². The number of alkyl halides is 3. The Kier molecular flexibility index (Phi) is 4.69. The summed E-state index contributed by atoms with van der Waals surface area (Å²) in [6.45, 7) is 0.414. The van der Waals surface area contributed by atoms with Crippen molar-refractivity contribution in [2.75, 3.05) is 0 Å². The Morgan fingerprint density at radius 3 is 2.50 bits per heavy atom. The molecule has 2 N–H and O–H groups in total. The summed E-state index contributed by atoms with van der Waals surface area (Å²) in [5, 5.41) is 10.2. The van der Waals surface area contributed by atoms with Crippen molar-refractivity contribution in [2.45, 2.75) is 31.5 Å². The predicted molar refractivity (Wildman–Crippen MR) is 62.8 cm³/mol. The maximum atomic E-state index is 12.7. The van der Waals surface area contributed by atoms with Gasteiger partial charge in [-0.15, -0.1) is 0 Å². The molecule has 1 aromatic heterocycles. The molecular weight excluding hydrogens is 277 g/mol. The van der Waals surface area contributed by atoms with E-state index in [9.17, 15) is 22.8 Å². The number of halogens is 3. The molecule has 1 heterocycles. The quantitative estimate of drug-likeness (QED) is 0.862. The van der Waals surface area contributed by atoms with Crippen molar-refractivity contribution in [3.63, 3.8) is 0 Å². The van der Waals surface area contributed by atoms with E-state index in [0.29, 0.717) is 12.5 Å². The van der Waals surface area contributed by atoms with E-state index < -0.39 is 23.6 Å². The van der Waals surface area contributed by atoms with Crippen molar-refractivity contribution in [1.82, 2.24) is 10.3 Å². The van der Waals surface area contributed by atoms with Crippen molar-refractivity contribution in [3.8, 4) is 0 Å². The number of carboxylic acid groups (broad SMARTS) is 1. The molecule has 1 rings (SSSR count). The van der Waals surface area contributed by atoms with Gasteiger partial charge in [0.05, 0.1) is 0 Å². The summed E-state index contributed by atoms with van der Waals surface area (Å²) >= 11 is 0. The number of carbonyl (C=O) groups is 2.